The number of hydrogen-bond acceptors (Lipinski definition) is 2. The van der Waals surface area contributed by atoms with Gasteiger partial charge < -0.3 is 4.57 Å². The van der Waals surface area contributed by atoms with Crippen molar-refractivity contribution in [3.05, 3.63) is 52.7 Å². The molecule has 2 aromatic heterocycles. The minimum atomic E-state index is 0.000720. The van der Waals surface area contributed by atoms with Crippen LogP contribution >= 0.6 is 0 Å². The van der Waals surface area contributed by atoms with Gasteiger partial charge in [-0.1, -0.05) is 6.07 Å². The molecule has 0 N–H and O–H groups in total. The molecule has 0 spiro atoms. The van der Waals surface area contributed by atoms with Gasteiger partial charge in [0.05, 0.1) is 12.7 Å². The Morgan fingerprint density at radius 2 is 2.36 bits per heavy atom. The van der Waals surface area contributed by atoms with Crippen molar-refractivity contribution in [1.29, 1.82) is 0 Å². The lowest BCUT2D eigenvalue weighted by Crippen LogP contribution is -2.15. The molecule has 0 aliphatic rings. The van der Waals surface area contributed by atoms with E-state index in [9.17, 15) is 4.79 Å². The SMILES string of the molecule is Cn1cc(Cn2c[c]cn2)ccc1=O. The average Bonchev–Trinajstić information content (AvgIpc) is 2.64. The summed E-state index contributed by atoms with van der Waals surface area (Å²) in [4.78, 5) is 11.1. The zero-order valence-electron chi connectivity index (χ0n) is 7.84. The van der Waals surface area contributed by atoms with E-state index in [2.05, 4.69) is 11.2 Å². The van der Waals surface area contributed by atoms with E-state index in [-0.39, 0.29) is 5.56 Å². The largest absolute Gasteiger partial charge is 0.318 e. The van der Waals surface area contributed by atoms with Crippen LogP contribution in [0, 0.1) is 6.07 Å². The van der Waals surface area contributed by atoms with Crippen LogP contribution in [0.25, 0.3) is 0 Å². The van der Waals surface area contributed by atoms with Crippen LogP contribution in [0.1, 0.15) is 5.56 Å². The first-order chi connectivity index (χ1) is 6.75. The zero-order chi connectivity index (χ0) is 9.97. The topological polar surface area (TPSA) is 39.8 Å². The fourth-order valence-electron chi connectivity index (χ4n) is 1.28. The van der Waals surface area contributed by atoms with Crippen LogP contribution in [0.5, 0.6) is 0 Å². The predicted octanol–water partition coefficient (Wildman–Crippen LogP) is 0.430. The van der Waals surface area contributed by atoms with Gasteiger partial charge in [0.2, 0.25) is 5.56 Å². The molecule has 0 saturated heterocycles. The predicted molar refractivity (Wildman–Crippen MR) is 51.8 cm³/mol. The first-order valence-electron chi connectivity index (χ1n) is 4.30. The van der Waals surface area contributed by atoms with Gasteiger partial charge in [0.1, 0.15) is 0 Å². The van der Waals surface area contributed by atoms with Gasteiger partial charge in [-0.3, -0.25) is 9.48 Å². The first kappa shape index (κ1) is 8.74. The Morgan fingerprint density at radius 1 is 1.50 bits per heavy atom. The summed E-state index contributed by atoms with van der Waals surface area (Å²) in [7, 11) is 1.74. The summed E-state index contributed by atoms with van der Waals surface area (Å²) in [6.07, 6.45) is 5.19. The van der Waals surface area contributed by atoms with Gasteiger partial charge in [-0.25, -0.2) is 0 Å². The molecule has 0 fully saturated rings. The van der Waals surface area contributed by atoms with Crippen molar-refractivity contribution in [3.63, 3.8) is 0 Å². The van der Waals surface area contributed by atoms with Gasteiger partial charge in [-0.15, -0.1) is 0 Å². The summed E-state index contributed by atoms with van der Waals surface area (Å²) < 4.78 is 3.32. The van der Waals surface area contributed by atoms with E-state index in [4.69, 9.17) is 0 Å². The van der Waals surface area contributed by atoms with Crippen LogP contribution in [0.2, 0.25) is 0 Å². The number of aromatic nitrogens is 3. The van der Waals surface area contributed by atoms with E-state index in [1.165, 1.54) is 0 Å². The maximum Gasteiger partial charge on any atom is 0.250 e. The van der Waals surface area contributed by atoms with E-state index in [0.717, 1.165) is 5.56 Å². The van der Waals surface area contributed by atoms with Gasteiger partial charge in [-0.05, 0) is 5.56 Å². The lowest BCUT2D eigenvalue weighted by molar-refractivity contribution is 0.677. The van der Waals surface area contributed by atoms with E-state index >= 15 is 0 Å². The molecular formula is C10H10N3O. The molecule has 0 bridgehead atoms. The van der Waals surface area contributed by atoms with Crippen molar-refractivity contribution in [2.24, 2.45) is 7.05 Å². The van der Waals surface area contributed by atoms with Crippen molar-refractivity contribution < 1.29 is 0 Å². The molecule has 0 saturated carbocycles. The first-order valence-corrected chi connectivity index (χ1v) is 4.30. The Labute approximate surface area is 81.4 Å². The molecule has 0 aromatic carbocycles. The van der Waals surface area contributed by atoms with E-state index < -0.39 is 0 Å². The number of aryl methyl sites for hydroxylation is 1. The summed E-state index contributed by atoms with van der Waals surface area (Å²) in [5.41, 5.74) is 1.05. The van der Waals surface area contributed by atoms with Crippen molar-refractivity contribution in [2.45, 2.75) is 6.54 Å². The highest BCUT2D eigenvalue weighted by molar-refractivity contribution is 5.10. The Hall–Kier alpha value is -1.84. The highest BCUT2D eigenvalue weighted by Crippen LogP contribution is 1.97. The highest BCUT2D eigenvalue weighted by atomic mass is 16.1. The second-order valence-electron chi connectivity index (χ2n) is 3.12. The van der Waals surface area contributed by atoms with Crippen LogP contribution in [-0.2, 0) is 13.6 Å². The van der Waals surface area contributed by atoms with Gasteiger partial charge in [0.15, 0.2) is 0 Å². The summed E-state index contributed by atoms with van der Waals surface area (Å²) >= 11 is 0. The molecule has 2 rings (SSSR count). The second-order valence-corrected chi connectivity index (χ2v) is 3.12. The lowest BCUT2D eigenvalue weighted by Gasteiger charge is -2.03. The molecule has 0 unspecified atom stereocenters. The van der Waals surface area contributed by atoms with Crippen LogP contribution < -0.4 is 5.56 Å². The Bertz CT molecular complexity index is 470. The molecule has 0 atom stereocenters. The molecule has 14 heavy (non-hydrogen) atoms. The fraction of sp³-hybridized carbons (Fsp3) is 0.200. The van der Waals surface area contributed by atoms with Gasteiger partial charge in [0, 0.05) is 31.6 Å². The molecule has 4 nitrogen and oxygen atoms in total. The molecule has 0 aliphatic heterocycles. The summed E-state index contributed by atoms with van der Waals surface area (Å²) in [5, 5.41) is 4.04. The van der Waals surface area contributed by atoms with Crippen LogP contribution in [0.15, 0.2) is 35.5 Å². The van der Waals surface area contributed by atoms with E-state index in [1.54, 1.807) is 34.8 Å². The van der Waals surface area contributed by atoms with E-state index in [0.29, 0.717) is 6.54 Å². The van der Waals surface area contributed by atoms with Crippen molar-refractivity contribution in [2.75, 3.05) is 0 Å². The molecule has 4 heteroatoms. The number of pyridine rings is 1. The molecule has 2 heterocycles. The Kier molecular flexibility index (Phi) is 2.18. The van der Waals surface area contributed by atoms with Crippen LogP contribution in [-0.4, -0.2) is 14.3 Å². The molecule has 71 valence electrons. The molecule has 0 aliphatic carbocycles. The quantitative estimate of drug-likeness (QED) is 0.685. The maximum atomic E-state index is 11.1. The lowest BCUT2D eigenvalue weighted by atomic mass is 10.3. The number of hydrogen-bond donors (Lipinski definition) is 0. The van der Waals surface area contributed by atoms with Gasteiger partial charge in [-0.2, -0.15) is 5.10 Å². The average molecular weight is 188 g/mol. The molecule has 2 aromatic rings. The number of rotatable bonds is 2. The van der Waals surface area contributed by atoms with Gasteiger partial charge in [0.25, 0.3) is 0 Å². The third kappa shape index (κ3) is 1.74. The van der Waals surface area contributed by atoms with Crippen LogP contribution in [0.3, 0.4) is 0 Å². The molecule has 0 amide bonds. The normalized spacial score (nSPS) is 10.4. The van der Waals surface area contributed by atoms with E-state index in [1.807, 2.05) is 12.3 Å². The third-order valence-electron chi connectivity index (χ3n) is 2.00. The summed E-state index contributed by atoms with van der Waals surface area (Å²) in [5.74, 6) is 0. The summed E-state index contributed by atoms with van der Waals surface area (Å²) in [6, 6.07) is 6.23. The zero-order valence-corrected chi connectivity index (χ0v) is 7.84. The fourth-order valence-corrected chi connectivity index (χ4v) is 1.28. The summed E-state index contributed by atoms with van der Waals surface area (Å²) in [6.45, 7) is 0.664. The Balaban J connectivity index is 2.26. The monoisotopic (exact) mass is 188 g/mol. The smallest absolute Gasteiger partial charge is 0.250 e. The second kappa shape index (κ2) is 3.49. The highest BCUT2D eigenvalue weighted by Gasteiger charge is 1.96. The minimum Gasteiger partial charge on any atom is -0.318 e. The molecule has 1 radical (unpaired) electrons. The number of nitrogens with zero attached hydrogens (tertiary/aromatic N) is 3. The standard InChI is InChI=1S/C10H10N3O/c1-12-7-9(3-4-10(12)14)8-13-6-2-5-11-13/h3-7H,8H2,1H3. The Morgan fingerprint density at radius 3 is 3.00 bits per heavy atom. The molecular weight excluding hydrogens is 178 g/mol. The van der Waals surface area contributed by atoms with Crippen molar-refractivity contribution >= 4 is 0 Å². The van der Waals surface area contributed by atoms with Crippen molar-refractivity contribution in [3.8, 4) is 0 Å². The minimum absolute atomic E-state index is 0.000720. The van der Waals surface area contributed by atoms with Crippen LogP contribution in [0.4, 0.5) is 0 Å². The van der Waals surface area contributed by atoms with Gasteiger partial charge >= 0.3 is 0 Å². The third-order valence-corrected chi connectivity index (χ3v) is 2.00. The van der Waals surface area contributed by atoms with Crippen molar-refractivity contribution in [1.82, 2.24) is 14.3 Å². The maximum absolute atomic E-state index is 11.1.